The summed E-state index contributed by atoms with van der Waals surface area (Å²) < 4.78 is 44.2. The summed E-state index contributed by atoms with van der Waals surface area (Å²) in [7, 11) is -4.25. The minimum absolute atomic E-state index is 0.0170. The molecule has 0 unspecified atom stereocenters. The number of aryl methyl sites for hydroxylation is 2. The second-order valence-corrected chi connectivity index (χ2v) is 9.91. The third kappa shape index (κ3) is 4.03. The number of sulfone groups is 1. The maximum Gasteiger partial charge on any atom is 0.269 e. The first-order valence-corrected chi connectivity index (χ1v) is 11.8. The van der Waals surface area contributed by atoms with Crippen LogP contribution in [0.2, 0.25) is 5.02 Å². The van der Waals surface area contributed by atoms with Crippen LogP contribution in [-0.4, -0.2) is 30.4 Å². The van der Waals surface area contributed by atoms with E-state index in [0.29, 0.717) is 6.54 Å². The topological polar surface area (TPSA) is 84.0 Å². The van der Waals surface area contributed by atoms with Gasteiger partial charge in [-0.25, -0.2) is 12.8 Å². The number of carbonyl (C=O) groups is 1. The van der Waals surface area contributed by atoms with Crippen molar-refractivity contribution in [3.05, 3.63) is 82.5 Å². The molecule has 0 saturated carbocycles. The minimum Gasteiger partial charge on any atom is -0.353 e. The number of rotatable bonds is 6. The summed E-state index contributed by atoms with van der Waals surface area (Å²) in [6, 6.07) is 11.3. The minimum atomic E-state index is -4.25. The van der Waals surface area contributed by atoms with Crippen LogP contribution in [0.25, 0.3) is 10.9 Å². The second kappa shape index (κ2) is 8.44. The first-order valence-electron chi connectivity index (χ1n) is 9.90. The average Bonchev–Trinajstić information content (AvgIpc) is 3.38. The number of carbonyl (C=O) groups excluding carboxylic acids is 1. The zero-order valence-corrected chi connectivity index (χ0v) is 19.0. The Morgan fingerprint density at radius 2 is 1.78 bits per heavy atom. The number of hydrogen-bond acceptors (Lipinski definition) is 3. The Morgan fingerprint density at radius 3 is 2.44 bits per heavy atom. The van der Waals surface area contributed by atoms with Gasteiger partial charge in [-0.15, -0.1) is 0 Å². The van der Waals surface area contributed by atoms with Gasteiger partial charge in [0.15, 0.2) is 5.82 Å². The van der Waals surface area contributed by atoms with Crippen LogP contribution in [0.3, 0.4) is 0 Å². The summed E-state index contributed by atoms with van der Waals surface area (Å²) in [4.78, 5) is 15.3. The molecule has 4 aromatic rings. The molecule has 32 heavy (non-hydrogen) atoms. The van der Waals surface area contributed by atoms with E-state index in [1.807, 2.05) is 35.2 Å². The summed E-state index contributed by atoms with van der Waals surface area (Å²) in [5.41, 5.74) is 1.41. The fraction of sp³-hybridized carbons (Fsp3) is 0.174. The number of H-pyrrole nitrogens is 1. The molecule has 2 aromatic heterocycles. The van der Waals surface area contributed by atoms with Gasteiger partial charge in [-0.1, -0.05) is 17.7 Å². The summed E-state index contributed by atoms with van der Waals surface area (Å²) >= 11 is 5.95. The van der Waals surface area contributed by atoms with Gasteiger partial charge >= 0.3 is 0 Å². The summed E-state index contributed by atoms with van der Waals surface area (Å²) in [5.74, 6) is -1.54. The van der Waals surface area contributed by atoms with Gasteiger partial charge in [-0.3, -0.25) is 4.79 Å². The fourth-order valence-electron chi connectivity index (χ4n) is 3.73. The number of aromatic amines is 1. The number of halogens is 2. The number of fused-ring (bicyclic) bond motifs is 1. The Kier molecular flexibility index (Phi) is 5.83. The van der Waals surface area contributed by atoms with E-state index < -0.39 is 26.5 Å². The van der Waals surface area contributed by atoms with Crippen molar-refractivity contribution in [3.63, 3.8) is 0 Å². The number of benzene rings is 2. The third-order valence-corrected chi connectivity index (χ3v) is 7.23. The molecule has 2 heterocycles. The van der Waals surface area contributed by atoms with E-state index >= 15 is 4.39 Å². The van der Waals surface area contributed by atoms with Crippen LogP contribution >= 0.6 is 11.6 Å². The van der Waals surface area contributed by atoms with E-state index in [4.69, 9.17) is 11.6 Å². The van der Waals surface area contributed by atoms with Crippen molar-refractivity contribution < 1.29 is 17.6 Å². The molecule has 0 saturated heterocycles. The highest BCUT2D eigenvalue weighted by molar-refractivity contribution is 7.91. The Hall–Kier alpha value is -3.10. The molecule has 166 valence electrons. The van der Waals surface area contributed by atoms with E-state index in [0.717, 1.165) is 11.1 Å². The number of aromatic nitrogens is 2. The van der Waals surface area contributed by atoms with Crippen LogP contribution in [0, 0.1) is 19.7 Å². The van der Waals surface area contributed by atoms with Crippen LogP contribution in [-0.2, 0) is 16.4 Å². The van der Waals surface area contributed by atoms with Crippen molar-refractivity contribution in [1.29, 1.82) is 0 Å². The largest absolute Gasteiger partial charge is 0.353 e. The van der Waals surface area contributed by atoms with Crippen molar-refractivity contribution in [2.45, 2.75) is 30.2 Å². The van der Waals surface area contributed by atoms with Crippen LogP contribution in [0.5, 0.6) is 0 Å². The second-order valence-electron chi connectivity index (χ2n) is 7.62. The molecule has 6 nitrogen and oxygen atoms in total. The number of amides is 1. The highest BCUT2D eigenvalue weighted by atomic mass is 35.5. The molecule has 0 aliphatic rings. The van der Waals surface area contributed by atoms with Gasteiger partial charge in [0.2, 0.25) is 9.84 Å². The molecular weight excluding hydrogens is 453 g/mol. The lowest BCUT2D eigenvalue weighted by Crippen LogP contribution is -2.28. The quantitative estimate of drug-likeness (QED) is 0.428. The van der Waals surface area contributed by atoms with E-state index in [1.54, 1.807) is 13.8 Å². The van der Waals surface area contributed by atoms with Crippen molar-refractivity contribution >= 4 is 38.2 Å². The predicted molar refractivity (Wildman–Crippen MR) is 121 cm³/mol. The molecule has 0 spiro atoms. The molecule has 0 fully saturated rings. The molecule has 0 atom stereocenters. The maximum atomic E-state index is 15.0. The Balaban J connectivity index is 1.84. The fourth-order valence-corrected chi connectivity index (χ4v) is 5.69. The molecule has 2 N–H and O–H groups in total. The lowest BCUT2D eigenvalue weighted by molar-refractivity contribution is 0.0945. The Bertz CT molecular complexity index is 1410. The van der Waals surface area contributed by atoms with Gasteiger partial charge in [-0.05, 0) is 61.4 Å². The molecule has 0 bridgehead atoms. The molecular formula is C23H21ClFN3O3S. The predicted octanol–water partition coefficient (Wildman–Crippen LogP) is 4.64. The first kappa shape index (κ1) is 22.1. The van der Waals surface area contributed by atoms with Crippen LogP contribution in [0.1, 0.15) is 21.6 Å². The SMILES string of the molecule is Cc1cc(C)cc(S(=O)(=O)c2c(C(=O)NCCn3cccc3)[nH]c3ccc(Cl)c(F)c23)c1. The van der Waals surface area contributed by atoms with E-state index in [-0.39, 0.29) is 33.1 Å². The highest BCUT2D eigenvalue weighted by Crippen LogP contribution is 2.36. The molecule has 2 aromatic carbocycles. The van der Waals surface area contributed by atoms with Crippen LogP contribution in [0.15, 0.2) is 64.6 Å². The van der Waals surface area contributed by atoms with Crippen LogP contribution < -0.4 is 5.32 Å². The van der Waals surface area contributed by atoms with Crippen molar-refractivity contribution in [1.82, 2.24) is 14.9 Å². The molecule has 1 amide bonds. The maximum absolute atomic E-state index is 15.0. The molecule has 9 heteroatoms. The van der Waals surface area contributed by atoms with E-state index in [1.165, 1.54) is 24.3 Å². The van der Waals surface area contributed by atoms with Gasteiger partial charge in [0, 0.05) is 25.5 Å². The van der Waals surface area contributed by atoms with Crippen LogP contribution in [0.4, 0.5) is 4.39 Å². The Morgan fingerprint density at radius 1 is 1.12 bits per heavy atom. The summed E-state index contributed by atoms with van der Waals surface area (Å²) in [6.45, 7) is 4.30. The number of nitrogens with one attached hydrogen (secondary N) is 2. The van der Waals surface area contributed by atoms with Crippen molar-refractivity contribution in [2.75, 3.05) is 6.54 Å². The lowest BCUT2D eigenvalue weighted by Gasteiger charge is -2.10. The average molecular weight is 474 g/mol. The van der Waals surface area contributed by atoms with Gasteiger partial charge in [-0.2, -0.15) is 0 Å². The molecule has 0 aliphatic carbocycles. The summed E-state index contributed by atoms with van der Waals surface area (Å²) in [6.07, 6.45) is 3.70. The lowest BCUT2D eigenvalue weighted by atomic mass is 10.2. The van der Waals surface area contributed by atoms with Gasteiger partial charge in [0.25, 0.3) is 5.91 Å². The molecule has 0 radical (unpaired) electrons. The van der Waals surface area contributed by atoms with Gasteiger partial charge < -0.3 is 14.9 Å². The first-order chi connectivity index (χ1) is 15.2. The Labute approximate surface area is 189 Å². The van der Waals surface area contributed by atoms with Crippen molar-refractivity contribution in [3.8, 4) is 0 Å². The van der Waals surface area contributed by atoms with E-state index in [2.05, 4.69) is 10.3 Å². The van der Waals surface area contributed by atoms with Crippen molar-refractivity contribution in [2.24, 2.45) is 0 Å². The number of nitrogens with zero attached hydrogens (tertiary/aromatic N) is 1. The highest BCUT2D eigenvalue weighted by Gasteiger charge is 2.32. The smallest absolute Gasteiger partial charge is 0.269 e. The number of hydrogen-bond donors (Lipinski definition) is 2. The normalized spacial score (nSPS) is 11.8. The van der Waals surface area contributed by atoms with Gasteiger partial charge in [0.1, 0.15) is 10.6 Å². The molecule has 4 rings (SSSR count). The van der Waals surface area contributed by atoms with E-state index in [9.17, 15) is 13.2 Å². The summed E-state index contributed by atoms with van der Waals surface area (Å²) in [5, 5.41) is 2.25. The zero-order valence-electron chi connectivity index (χ0n) is 17.4. The van der Waals surface area contributed by atoms with Gasteiger partial charge in [0.05, 0.1) is 20.8 Å². The third-order valence-electron chi connectivity index (χ3n) is 5.13. The monoisotopic (exact) mass is 473 g/mol. The zero-order chi connectivity index (χ0) is 23.0. The standard InChI is InChI=1S/C23H21ClFN3O3S/c1-14-11-15(2)13-16(12-14)32(30,31)22-19-18(6-5-17(24)20(19)25)27-21(22)23(29)26-7-10-28-8-3-4-9-28/h3-6,8-9,11-13,27H,7,10H2,1-2H3,(H,26,29). The molecule has 0 aliphatic heterocycles.